The van der Waals surface area contributed by atoms with Crippen LogP contribution in [0.2, 0.25) is 0 Å². The molecule has 0 bridgehead atoms. The molecule has 1 aromatic carbocycles. The van der Waals surface area contributed by atoms with E-state index in [1.54, 1.807) is 30.3 Å². The van der Waals surface area contributed by atoms with E-state index in [9.17, 15) is 9.59 Å². The van der Waals surface area contributed by atoms with Gasteiger partial charge >= 0.3 is 5.97 Å². The number of nitrogens with zero attached hydrogens (tertiary/aromatic N) is 2. The fourth-order valence-electron chi connectivity index (χ4n) is 1.95. The van der Waals surface area contributed by atoms with Crippen molar-refractivity contribution < 1.29 is 14.3 Å². The van der Waals surface area contributed by atoms with Crippen LogP contribution in [0, 0.1) is 0 Å². The molecule has 0 unspecified atom stereocenters. The van der Waals surface area contributed by atoms with Crippen molar-refractivity contribution in [3.63, 3.8) is 0 Å². The van der Waals surface area contributed by atoms with E-state index in [-0.39, 0.29) is 11.9 Å². The van der Waals surface area contributed by atoms with E-state index >= 15 is 0 Å². The first kappa shape index (κ1) is 14.0. The highest BCUT2D eigenvalue weighted by Gasteiger charge is 2.13. The van der Waals surface area contributed by atoms with Crippen LogP contribution >= 0.6 is 0 Å². The zero-order valence-electron chi connectivity index (χ0n) is 11.5. The van der Waals surface area contributed by atoms with Gasteiger partial charge in [0.25, 0.3) is 5.91 Å². The highest BCUT2D eigenvalue weighted by molar-refractivity contribution is 5.97. The molecule has 2 aromatic rings. The summed E-state index contributed by atoms with van der Waals surface area (Å²) in [5, 5.41) is 7.73. The maximum atomic E-state index is 12.2. The molecule has 0 aliphatic rings. The van der Waals surface area contributed by atoms with Gasteiger partial charge in [-0.3, -0.25) is 14.7 Å². The minimum absolute atomic E-state index is 0.0774. The van der Waals surface area contributed by atoms with Crippen molar-refractivity contribution in [3.8, 4) is 0 Å². The second-order valence-electron chi connectivity index (χ2n) is 4.58. The smallest absolute Gasteiger partial charge is 0.305 e. The van der Waals surface area contributed by atoms with Gasteiger partial charge in [-0.25, -0.2) is 0 Å². The second kappa shape index (κ2) is 6.18. The number of hydrogen-bond acceptors (Lipinski definition) is 4. The standard InChI is InChI=1S/C14H17N3O3/c1-17(7-3-4-13(18)20-2)14(19)10-5-6-11-9-15-16-12(11)8-10/h5-6,8-9H,3-4,7H2,1-2H3,(H,15,16). The number of aromatic nitrogens is 2. The molecular weight excluding hydrogens is 258 g/mol. The summed E-state index contributed by atoms with van der Waals surface area (Å²) in [7, 11) is 3.08. The lowest BCUT2D eigenvalue weighted by Crippen LogP contribution is -2.28. The zero-order valence-corrected chi connectivity index (χ0v) is 11.5. The summed E-state index contributed by atoms with van der Waals surface area (Å²) in [5.41, 5.74) is 1.43. The Hall–Kier alpha value is -2.37. The average Bonchev–Trinajstić information content (AvgIpc) is 2.93. The number of aromatic amines is 1. The molecule has 6 heteroatoms. The Morgan fingerprint density at radius 2 is 2.20 bits per heavy atom. The van der Waals surface area contributed by atoms with Crippen LogP contribution in [0.15, 0.2) is 24.4 Å². The van der Waals surface area contributed by atoms with E-state index in [0.717, 1.165) is 10.9 Å². The number of esters is 1. The highest BCUT2D eigenvalue weighted by Crippen LogP contribution is 2.14. The Bertz CT molecular complexity index is 621. The van der Waals surface area contributed by atoms with E-state index in [2.05, 4.69) is 14.9 Å². The van der Waals surface area contributed by atoms with Crippen molar-refractivity contribution in [1.29, 1.82) is 0 Å². The Morgan fingerprint density at radius 3 is 2.95 bits per heavy atom. The zero-order chi connectivity index (χ0) is 14.5. The van der Waals surface area contributed by atoms with Gasteiger partial charge in [0.05, 0.1) is 18.8 Å². The maximum Gasteiger partial charge on any atom is 0.305 e. The summed E-state index contributed by atoms with van der Waals surface area (Å²) in [5.74, 6) is -0.337. The van der Waals surface area contributed by atoms with E-state index < -0.39 is 0 Å². The maximum absolute atomic E-state index is 12.2. The van der Waals surface area contributed by atoms with Gasteiger partial charge < -0.3 is 9.64 Å². The van der Waals surface area contributed by atoms with Crippen molar-refractivity contribution in [1.82, 2.24) is 15.1 Å². The predicted molar refractivity (Wildman–Crippen MR) is 74.3 cm³/mol. The number of carbonyl (C=O) groups is 2. The number of carbonyl (C=O) groups excluding carboxylic acids is 2. The molecule has 2 rings (SSSR count). The molecule has 1 N–H and O–H groups in total. The lowest BCUT2D eigenvalue weighted by molar-refractivity contribution is -0.140. The van der Waals surface area contributed by atoms with Crippen molar-refractivity contribution in [2.24, 2.45) is 0 Å². The van der Waals surface area contributed by atoms with Gasteiger partial charge in [-0.05, 0) is 18.6 Å². The first-order valence-corrected chi connectivity index (χ1v) is 6.37. The minimum atomic E-state index is -0.260. The Labute approximate surface area is 116 Å². The molecule has 0 aliphatic carbocycles. The van der Waals surface area contributed by atoms with E-state index in [1.165, 1.54) is 7.11 Å². The van der Waals surface area contributed by atoms with Gasteiger partial charge in [0.15, 0.2) is 0 Å². The molecule has 0 spiro atoms. The number of fused-ring (bicyclic) bond motifs is 1. The summed E-state index contributed by atoms with van der Waals surface area (Å²) >= 11 is 0. The van der Waals surface area contributed by atoms with Crippen molar-refractivity contribution in [3.05, 3.63) is 30.0 Å². The normalized spacial score (nSPS) is 10.5. The third-order valence-corrected chi connectivity index (χ3v) is 3.14. The predicted octanol–water partition coefficient (Wildman–Crippen LogP) is 1.59. The van der Waals surface area contributed by atoms with Gasteiger partial charge in [-0.1, -0.05) is 6.07 Å². The number of benzene rings is 1. The highest BCUT2D eigenvalue weighted by atomic mass is 16.5. The van der Waals surface area contributed by atoms with Crippen LogP contribution in [0.5, 0.6) is 0 Å². The van der Waals surface area contributed by atoms with E-state index in [0.29, 0.717) is 24.9 Å². The third kappa shape index (κ3) is 3.14. The number of ether oxygens (including phenoxy) is 1. The molecular formula is C14H17N3O3. The molecule has 1 heterocycles. The molecule has 0 fully saturated rings. The van der Waals surface area contributed by atoms with Crippen LogP contribution < -0.4 is 0 Å². The fourth-order valence-corrected chi connectivity index (χ4v) is 1.95. The van der Waals surface area contributed by atoms with E-state index in [1.807, 2.05) is 6.07 Å². The topological polar surface area (TPSA) is 75.3 Å². The summed E-state index contributed by atoms with van der Waals surface area (Å²) in [6.07, 6.45) is 2.61. The molecule has 20 heavy (non-hydrogen) atoms. The lowest BCUT2D eigenvalue weighted by atomic mass is 10.1. The van der Waals surface area contributed by atoms with Gasteiger partial charge in [0.1, 0.15) is 0 Å². The number of nitrogens with one attached hydrogen (secondary N) is 1. The number of hydrogen-bond donors (Lipinski definition) is 1. The lowest BCUT2D eigenvalue weighted by Gasteiger charge is -2.16. The Morgan fingerprint density at radius 1 is 1.40 bits per heavy atom. The molecule has 6 nitrogen and oxygen atoms in total. The molecule has 0 saturated heterocycles. The Balaban J connectivity index is 1.97. The summed E-state index contributed by atoms with van der Waals surface area (Å²) in [6, 6.07) is 5.41. The van der Waals surface area contributed by atoms with Crippen molar-refractivity contribution >= 4 is 22.8 Å². The van der Waals surface area contributed by atoms with Crippen LogP contribution in [-0.2, 0) is 9.53 Å². The molecule has 0 radical (unpaired) electrons. The quantitative estimate of drug-likeness (QED) is 0.841. The molecule has 0 saturated carbocycles. The minimum Gasteiger partial charge on any atom is -0.469 e. The van der Waals surface area contributed by atoms with Gasteiger partial charge in [0, 0.05) is 31.0 Å². The first-order chi connectivity index (χ1) is 9.61. The van der Waals surface area contributed by atoms with Crippen molar-refractivity contribution in [2.45, 2.75) is 12.8 Å². The number of amides is 1. The average molecular weight is 275 g/mol. The first-order valence-electron chi connectivity index (χ1n) is 6.37. The summed E-state index contributed by atoms with van der Waals surface area (Å²) in [6.45, 7) is 0.509. The van der Waals surface area contributed by atoms with Crippen LogP contribution in [-0.4, -0.2) is 47.7 Å². The van der Waals surface area contributed by atoms with Crippen molar-refractivity contribution in [2.75, 3.05) is 20.7 Å². The monoisotopic (exact) mass is 275 g/mol. The largest absolute Gasteiger partial charge is 0.469 e. The van der Waals surface area contributed by atoms with E-state index in [4.69, 9.17) is 0 Å². The summed E-state index contributed by atoms with van der Waals surface area (Å²) in [4.78, 5) is 24.8. The third-order valence-electron chi connectivity index (χ3n) is 3.14. The van der Waals surface area contributed by atoms with Gasteiger partial charge in [-0.2, -0.15) is 5.10 Å². The number of methoxy groups -OCH3 is 1. The summed E-state index contributed by atoms with van der Waals surface area (Å²) < 4.78 is 4.56. The molecule has 0 aliphatic heterocycles. The Kier molecular flexibility index (Phi) is 4.34. The molecule has 1 amide bonds. The number of H-pyrrole nitrogens is 1. The van der Waals surface area contributed by atoms with Gasteiger partial charge in [0.2, 0.25) is 0 Å². The van der Waals surface area contributed by atoms with Crippen LogP contribution in [0.1, 0.15) is 23.2 Å². The van der Waals surface area contributed by atoms with Crippen LogP contribution in [0.25, 0.3) is 10.9 Å². The van der Waals surface area contributed by atoms with Crippen LogP contribution in [0.4, 0.5) is 0 Å². The SMILES string of the molecule is COC(=O)CCCN(C)C(=O)c1ccc2cn[nH]c2c1. The number of rotatable bonds is 5. The fraction of sp³-hybridized carbons (Fsp3) is 0.357. The molecule has 106 valence electrons. The van der Waals surface area contributed by atoms with Crippen LogP contribution in [0.3, 0.4) is 0 Å². The molecule has 0 atom stereocenters. The van der Waals surface area contributed by atoms with Gasteiger partial charge in [-0.15, -0.1) is 0 Å². The second-order valence-corrected chi connectivity index (χ2v) is 4.58. The molecule has 1 aromatic heterocycles.